The van der Waals surface area contributed by atoms with E-state index in [4.69, 9.17) is 11.1 Å². The number of nitrogen functional groups attached to an aromatic ring is 1. The van der Waals surface area contributed by atoms with Gasteiger partial charge < -0.3 is 16.4 Å². The number of allylic oxidation sites excluding steroid dienone is 3. The van der Waals surface area contributed by atoms with Crippen molar-refractivity contribution in [1.82, 2.24) is 20.3 Å². The van der Waals surface area contributed by atoms with Gasteiger partial charge in [-0.1, -0.05) is 86.2 Å². The van der Waals surface area contributed by atoms with Crippen LogP contribution in [0.25, 0.3) is 10.8 Å². The second-order valence-electron chi connectivity index (χ2n) is 9.51. The number of amides is 1. The van der Waals surface area contributed by atoms with Gasteiger partial charge in [0.15, 0.2) is 0 Å². The highest BCUT2D eigenvalue weighted by Crippen LogP contribution is 2.26. The maximum Gasteiger partial charge on any atom is 0.270 e. The maximum atomic E-state index is 12.8. The molecular weight excluding hydrogens is 498 g/mol. The number of fused-ring (bicyclic) bond motifs is 1. The molecule has 0 aliphatic heterocycles. The Balaban J connectivity index is 0.000000681. The molecular formula is C32H35N7O. The van der Waals surface area contributed by atoms with E-state index in [1.54, 1.807) is 12.3 Å². The fourth-order valence-corrected chi connectivity index (χ4v) is 4.65. The Hall–Kier alpha value is -4.85. The SMILES string of the molecule is C=C/C=C\C.N=C(c1ccc(CNC(=O)c2nccc3ccccc23)cc1)c1c(N)ncnc1NC1CCCC1. The van der Waals surface area contributed by atoms with Crippen LogP contribution in [0.1, 0.15) is 59.8 Å². The zero-order chi connectivity index (χ0) is 28.3. The van der Waals surface area contributed by atoms with Crippen LogP contribution in [-0.4, -0.2) is 32.6 Å². The molecule has 0 radical (unpaired) electrons. The first-order valence-corrected chi connectivity index (χ1v) is 13.4. The Morgan fingerprint density at radius 2 is 1.82 bits per heavy atom. The predicted molar refractivity (Wildman–Crippen MR) is 163 cm³/mol. The quantitative estimate of drug-likeness (QED) is 0.161. The first-order valence-electron chi connectivity index (χ1n) is 13.4. The minimum atomic E-state index is -0.226. The summed E-state index contributed by atoms with van der Waals surface area (Å²) < 4.78 is 0. The molecule has 1 fully saturated rings. The van der Waals surface area contributed by atoms with Crippen molar-refractivity contribution in [1.29, 1.82) is 5.41 Å². The van der Waals surface area contributed by atoms with Crippen LogP contribution in [0, 0.1) is 5.41 Å². The van der Waals surface area contributed by atoms with E-state index in [1.165, 1.54) is 19.2 Å². The highest BCUT2D eigenvalue weighted by Gasteiger charge is 2.21. The number of carbonyl (C=O) groups is 1. The predicted octanol–water partition coefficient (Wildman–Crippen LogP) is 6.06. The molecule has 8 heteroatoms. The van der Waals surface area contributed by atoms with Gasteiger partial charge in [0.1, 0.15) is 23.7 Å². The Labute approximate surface area is 235 Å². The maximum absolute atomic E-state index is 12.8. The zero-order valence-electron chi connectivity index (χ0n) is 22.7. The highest BCUT2D eigenvalue weighted by atomic mass is 16.1. The zero-order valence-corrected chi connectivity index (χ0v) is 22.7. The van der Waals surface area contributed by atoms with E-state index in [9.17, 15) is 4.79 Å². The van der Waals surface area contributed by atoms with Crippen molar-refractivity contribution < 1.29 is 4.79 Å². The van der Waals surface area contributed by atoms with Gasteiger partial charge in [-0.25, -0.2) is 9.97 Å². The van der Waals surface area contributed by atoms with Crippen LogP contribution in [0.2, 0.25) is 0 Å². The molecule has 5 rings (SSSR count). The van der Waals surface area contributed by atoms with Crippen LogP contribution in [0.5, 0.6) is 0 Å². The van der Waals surface area contributed by atoms with E-state index in [2.05, 4.69) is 32.2 Å². The second kappa shape index (κ2) is 13.8. The fraction of sp³-hybridized carbons (Fsp3) is 0.219. The molecule has 1 amide bonds. The summed E-state index contributed by atoms with van der Waals surface area (Å²) in [7, 11) is 0. The largest absolute Gasteiger partial charge is 0.383 e. The van der Waals surface area contributed by atoms with Gasteiger partial charge in [0.2, 0.25) is 0 Å². The van der Waals surface area contributed by atoms with Crippen molar-refractivity contribution in [2.45, 2.75) is 45.2 Å². The van der Waals surface area contributed by atoms with Gasteiger partial charge in [0.05, 0.1) is 11.3 Å². The molecule has 1 aliphatic carbocycles. The third-order valence-electron chi connectivity index (χ3n) is 6.74. The minimum absolute atomic E-state index is 0.226. The molecule has 4 aromatic rings. The minimum Gasteiger partial charge on any atom is -0.383 e. The van der Waals surface area contributed by atoms with Crippen molar-refractivity contribution in [3.8, 4) is 0 Å². The third kappa shape index (κ3) is 6.96. The molecule has 0 unspecified atom stereocenters. The van der Waals surface area contributed by atoms with Gasteiger partial charge in [-0.2, -0.15) is 0 Å². The molecule has 1 saturated carbocycles. The van der Waals surface area contributed by atoms with Gasteiger partial charge in [0.25, 0.3) is 5.91 Å². The lowest BCUT2D eigenvalue weighted by molar-refractivity contribution is 0.0948. The smallest absolute Gasteiger partial charge is 0.270 e. The lowest BCUT2D eigenvalue weighted by Crippen LogP contribution is -2.24. The first-order chi connectivity index (χ1) is 19.5. The molecule has 2 heterocycles. The summed E-state index contributed by atoms with van der Waals surface area (Å²) in [6.45, 7) is 5.77. The number of anilines is 2. The van der Waals surface area contributed by atoms with Gasteiger partial charge in [-0.3, -0.25) is 15.2 Å². The van der Waals surface area contributed by atoms with E-state index >= 15 is 0 Å². The number of aromatic nitrogens is 3. The molecule has 2 aromatic heterocycles. The third-order valence-corrected chi connectivity index (χ3v) is 6.74. The molecule has 5 N–H and O–H groups in total. The summed E-state index contributed by atoms with van der Waals surface area (Å²) in [5.41, 5.74) is 8.95. The van der Waals surface area contributed by atoms with Crippen LogP contribution in [-0.2, 0) is 6.54 Å². The Morgan fingerprint density at radius 3 is 2.52 bits per heavy atom. The summed E-state index contributed by atoms with van der Waals surface area (Å²) in [4.78, 5) is 25.5. The van der Waals surface area contributed by atoms with Gasteiger partial charge in [0, 0.05) is 29.7 Å². The van der Waals surface area contributed by atoms with Crippen LogP contribution in [0.15, 0.2) is 91.9 Å². The van der Waals surface area contributed by atoms with E-state index in [0.717, 1.165) is 29.2 Å². The van der Waals surface area contributed by atoms with Crippen LogP contribution in [0.4, 0.5) is 11.6 Å². The van der Waals surface area contributed by atoms with E-state index in [0.29, 0.717) is 35.2 Å². The van der Waals surface area contributed by atoms with Crippen molar-refractivity contribution in [3.63, 3.8) is 0 Å². The highest BCUT2D eigenvalue weighted by molar-refractivity contribution is 6.16. The Morgan fingerprint density at radius 1 is 1.07 bits per heavy atom. The first kappa shape index (κ1) is 28.2. The summed E-state index contributed by atoms with van der Waals surface area (Å²) in [5.74, 6) is 0.660. The molecule has 8 nitrogen and oxygen atoms in total. The molecule has 204 valence electrons. The number of hydrogen-bond donors (Lipinski definition) is 4. The normalized spacial score (nSPS) is 13.0. The van der Waals surface area contributed by atoms with Crippen LogP contribution >= 0.6 is 0 Å². The lowest BCUT2D eigenvalue weighted by atomic mass is 10.0. The number of nitrogens with two attached hydrogens (primary N) is 1. The molecule has 0 saturated heterocycles. The fourth-order valence-electron chi connectivity index (χ4n) is 4.65. The number of carbonyl (C=O) groups excluding carboxylic acids is 1. The summed E-state index contributed by atoms with van der Waals surface area (Å²) in [6, 6.07) is 17.4. The molecule has 40 heavy (non-hydrogen) atoms. The van der Waals surface area contributed by atoms with E-state index in [-0.39, 0.29) is 17.4 Å². The summed E-state index contributed by atoms with van der Waals surface area (Å²) in [5, 5.41) is 17.0. The molecule has 0 bridgehead atoms. The monoisotopic (exact) mass is 533 g/mol. The molecule has 0 atom stereocenters. The standard InChI is InChI=1S/C27H27N7O.C5H8/c28-23(22-25(29)32-16-33-26(22)34-20-6-2-3-7-20)19-11-9-17(10-12-19)15-31-27(35)24-21-8-4-1-5-18(21)13-14-30-24;1-3-5-4-2/h1,4-5,8-14,16,20,28H,2-3,6-7,15H2,(H,31,35)(H3,29,32,33,34);3-5H,1H2,2H3/b;5-4-. The van der Waals surface area contributed by atoms with Crippen molar-refractivity contribution >= 4 is 34.0 Å². The molecule has 1 aliphatic rings. The van der Waals surface area contributed by atoms with E-state index < -0.39 is 0 Å². The molecule has 0 spiro atoms. The number of pyridine rings is 1. The molecule has 2 aromatic carbocycles. The Bertz CT molecular complexity index is 1500. The number of nitrogens with zero attached hydrogens (tertiary/aromatic N) is 3. The van der Waals surface area contributed by atoms with Gasteiger partial charge >= 0.3 is 0 Å². The van der Waals surface area contributed by atoms with Crippen LogP contribution < -0.4 is 16.4 Å². The van der Waals surface area contributed by atoms with Crippen molar-refractivity contribution in [2.24, 2.45) is 0 Å². The average molecular weight is 534 g/mol. The lowest BCUT2D eigenvalue weighted by Gasteiger charge is -2.17. The second-order valence-corrected chi connectivity index (χ2v) is 9.51. The van der Waals surface area contributed by atoms with Gasteiger partial charge in [-0.15, -0.1) is 0 Å². The summed E-state index contributed by atoms with van der Waals surface area (Å²) >= 11 is 0. The topological polar surface area (TPSA) is 130 Å². The number of benzene rings is 2. The van der Waals surface area contributed by atoms with Crippen LogP contribution in [0.3, 0.4) is 0 Å². The summed E-state index contributed by atoms with van der Waals surface area (Å²) in [6.07, 6.45) is 13.2. The van der Waals surface area contributed by atoms with Crippen molar-refractivity contribution in [2.75, 3.05) is 11.1 Å². The van der Waals surface area contributed by atoms with Gasteiger partial charge in [-0.05, 0) is 36.8 Å². The number of nitrogens with one attached hydrogen (secondary N) is 3. The Kier molecular flexibility index (Phi) is 9.72. The van der Waals surface area contributed by atoms with Crippen molar-refractivity contribution in [3.05, 3.63) is 114 Å². The average Bonchev–Trinajstić information content (AvgIpc) is 3.49. The van der Waals surface area contributed by atoms with E-state index in [1.807, 2.05) is 73.7 Å². The number of rotatable bonds is 8. The number of hydrogen-bond acceptors (Lipinski definition) is 7.